The van der Waals surface area contributed by atoms with Crippen LogP contribution in [0.5, 0.6) is 23.1 Å². The largest absolute Gasteiger partial charge is 0.492 e. The number of ether oxygens (including phenoxy) is 3. The number of fused-ring (bicyclic) bond motifs is 2. The fourth-order valence-electron chi connectivity index (χ4n) is 5.11. The van der Waals surface area contributed by atoms with Gasteiger partial charge in [0, 0.05) is 37.0 Å². The third-order valence-electron chi connectivity index (χ3n) is 7.09. The Morgan fingerprint density at radius 2 is 1.71 bits per heavy atom. The summed E-state index contributed by atoms with van der Waals surface area (Å²) in [6, 6.07) is 17.4. The highest BCUT2D eigenvalue weighted by molar-refractivity contribution is 5.95. The normalized spacial score (nSPS) is 16.4. The minimum Gasteiger partial charge on any atom is -0.492 e. The van der Waals surface area contributed by atoms with Gasteiger partial charge in [0.2, 0.25) is 5.88 Å². The van der Waals surface area contributed by atoms with Gasteiger partial charge >= 0.3 is 0 Å². The molecule has 3 aromatic rings. The molecule has 2 aromatic carbocycles. The third kappa shape index (κ3) is 6.21. The van der Waals surface area contributed by atoms with Crippen LogP contribution in [0.4, 0.5) is 5.69 Å². The monoisotopic (exact) mass is 515 g/mol. The van der Waals surface area contributed by atoms with Crippen LogP contribution < -0.4 is 19.1 Å². The molecule has 3 heterocycles. The molecule has 1 fully saturated rings. The molecule has 0 radical (unpaired) electrons. The molecule has 7 nitrogen and oxygen atoms in total. The van der Waals surface area contributed by atoms with Crippen LogP contribution in [0.2, 0.25) is 0 Å². The minimum atomic E-state index is 0.00707. The number of carbonyl (C=O) groups is 1. The maximum absolute atomic E-state index is 14.0. The number of nitrogens with zero attached hydrogens (tertiary/aromatic N) is 3. The van der Waals surface area contributed by atoms with E-state index < -0.39 is 0 Å². The highest BCUT2D eigenvalue weighted by Crippen LogP contribution is 2.34. The summed E-state index contributed by atoms with van der Waals surface area (Å²) in [4.78, 5) is 22.8. The quantitative estimate of drug-likeness (QED) is 0.397. The lowest BCUT2D eigenvalue weighted by molar-refractivity contribution is 0.0738. The number of hydrogen-bond donors (Lipinski definition) is 0. The Morgan fingerprint density at radius 1 is 0.921 bits per heavy atom. The van der Waals surface area contributed by atoms with E-state index in [1.807, 2.05) is 66.4 Å². The Balaban J connectivity index is 1.45. The molecule has 1 amide bonds. The summed E-state index contributed by atoms with van der Waals surface area (Å²) in [7, 11) is 0. The highest BCUT2D eigenvalue weighted by atomic mass is 16.5. The summed E-state index contributed by atoms with van der Waals surface area (Å²) >= 11 is 0. The van der Waals surface area contributed by atoms with E-state index in [4.69, 9.17) is 14.2 Å². The van der Waals surface area contributed by atoms with Gasteiger partial charge in [-0.3, -0.25) is 4.79 Å². The predicted octanol–water partition coefficient (Wildman–Crippen LogP) is 6.47. The zero-order valence-corrected chi connectivity index (χ0v) is 22.2. The van der Waals surface area contributed by atoms with Crippen molar-refractivity contribution in [2.45, 2.75) is 52.0 Å². The van der Waals surface area contributed by atoms with Crippen molar-refractivity contribution < 1.29 is 19.0 Å². The van der Waals surface area contributed by atoms with Crippen LogP contribution in [0.1, 0.15) is 61.4 Å². The van der Waals surface area contributed by atoms with Gasteiger partial charge in [-0.1, -0.05) is 18.2 Å². The van der Waals surface area contributed by atoms with Crippen LogP contribution >= 0.6 is 0 Å². The summed E-state index contributed by atoms with van der Waals surface area (Å²) in [6.07, 6.45) is 8.04. The molecule has 7 heteroatoms. The first-order chi connectivity index (χ1) is 18.7. The predicted molar refractivity (Wildman–Crippen MR) is 149 cm³/mol. The molecular weight excluding hydrogens is 478 g/mol. The van der Waals surface area contributed by atoms with Crippen LogP contribution in [-0.4, -0.2) is 48.6 Å². The van der Waals surface area contributed by atoms with Gasteiger partial charge in [0.05, 0.1) is 25.4 Å². The molecule has 0 saturated carbocycles. The number of carbonyl (C=O) groups excluding carboxylic acids is 1. The van der Waals surface area contributed by atoms with Crippen LogP contribution in [-0.2, 0) is 6.54 Å². The Kier molecular flexibility index (Phi) is 8.64. The third-order valence-corrected chi connectivity index (χ3v) is 7.09. The number of amides is 1. The van der Waals surface area contributed by atoms with E-state index in [-0.39, 0.29) is 5.91 Å². The van der Waals surface area contributed by atoms with Gasteiger partial charge in [0.1, 0.15) is 5.75 Å². The molecular formula is C31H37N3O4. The number of hydrogen-bond acceptors (Lipinski definition) is 6. The lowest BCUT2D eigenvalue weighted by Gasteiger charge is -2.31. The summed E-state index contributed by atoms with van der Waals surface area (Å²) in [5, 5.41) is 0. The maximum Gasteiger partial charge on any atom is 0.254 e. The second kappa shape index (κ2) is 12.7. The zero-order valence-electron chi connectivity index (χ0n) is 22.2. The first-order valence-corrected chi connectivity index (χ1v) is 13.9. The van der Waals surface area contributed by atoms with Gasteiger partial charge < -0.3 is 24.0 Å². The van der Waals surface area contributed by atoms with E-state index in [9.17, 15) is 4.79 Å². The van der Waals surface area contributed by atoms with E-state index in [2.05, 4.69) is 9.88 Å². The van der Waals surface area contributed by atoms with Crippen molar-refractivity contribution in [1.29, 1.82) is 0 Å². The highest BCUT2D eigenvalue weighted by Gasteiger charge is 2.23. The van der Waals surface area contributed by atoms with Crippen LogP contribution in [0.3, 0.4) is 0 Å². The molecule has 0 atom stereocenters. The number of pyridine rings is 1. The molecule has 1 saturated heterocycles. The van der Waals surface area contributed by atoms with Crippen molar-refractivity contribution in [3.63, 3.8) is 0 Å². The van der Waals surface area contributed by atoms with E-state index in [0.717, 1.165) is 62.2 Å². The number of anilines is 1. The van der Waals surface area contributed by atoms with Gasteiger partial charge in [0.15, 0.2) is 11.5 Å². The van der Waals surface area contributed by atoms with E-state index >= 15 is 0 Å². The van der Waals surface area contributed by atoms with Crippen LogP contribution in [0.15, 0.2) is 60.8 Å². The molecule has 0 bridgehead atoms. The molecule has 0 aliphatic carbocycles. The Bertz CT molecular complexity index is 1230. The lowest BCUT2D eigenvalue weighted by Crippen LogP contribution is -2.33. The van der Waals surface area contributed by atoms with Crippen molar-refractivity contribution in [2.75, 3.05) is 37.7 Å². The van der Waals surface area contributed by atoms with Crippen molar-refractivity contribution in [3.8, 4) is 23.1 Å². The topological polar surface area (TPSA) is 64.1 Å². The van der Waals surface area contributed by atoms with Gasteiger partial charge in [0.25, 0.3) is 5.91 Å². The zero-order chi connectivity index (χ0) is 26.2. The number of piperidine rings is 1. The van der Waals surface area contributed by atoms with E-state index in [1.165, 1.54) is 6.42 Å². The lowest BCUT2D eigenvalue weighted by atomic mass is 10.1. The number of rotatable bonds is 4. The number of para-hydroxylation sites is 2. The number of aromatic nitrogens is 1. The average Bonchev–Trinajstić information content (AvgIpc) is 2.97. The average molecular weight is 516 g/mol. The van der Waals surface area contributed by atoms with Crippen LogP contribution in [0, 0.1) is 0 Å². The minimum absolute atomic E-state index is 0.00707. The molecule has 1 aromatic heterocycles. The smallest absolute Gasteiger partial charge is 0.254 e. The van der Waals surface area contributed by atoms with Gasteiger partial charge in [-0.15, -0.1) is 0 Å². The summed E-state index contributed by atoms with van der Waals surface area (Å²) in [6.45, 7) is 6.22. The molecule has 0 spiro atoms. The summed E-state index contributed by atoms with van der Waals surface area (Å²) in [5.41, 5.74) is 2.55. The number of benzene rings is 2. The Hall–Kier alpha value is -3.74. The Labute approximate surface area is 225 Å². The van der Waals surface area contributed by atoms with E-state index in [0.29, 0.717) is 49.2 Å². The Morgan fingerprint density at radius 3 is 2.55 bits per heavy atom. The fourth-order valence-corrected chi connectivity index (χ4v) is 5.11. The second-order valence-electron chi connectivity index (χ2n) is 9.82. The fraction of sp³-hybridized carbons (Fsp3) is 0.419. The second-order valence-corrected chi connectivity index (χ2v) is 9.82. The first kappa shape index (κ1) is 25.9. The molecule has 5 rings (SSSR count). The first-order valence-electron chi connectivity index (χ1n) is 13.9. The van der Waals surface area contributed by atoms with Crippen molar-refractivity contribution in [1.82, 2.24) is 9.88 Å². The van der Waals surface area contributed by atoms with E-state index in [1.54, 1.807) is 6.20 Å². The maximum atomic E-state index is 14.0. The van der Waals surface area contributed by atoms with Gasteiger partial charge in [-0.25, -0.2) is 4.98 Å². The van der Waals surface area contributed by atoms with Gasteiger partial charge in [-0.05, 0) is 81.8 Å². The molecule has 2 aliphatic rings. The standard InChI is InChI=1S/C31H37N3O4/c1-2-36-27-16-15-24(22-26(27)33-18-7-3-8-19-33)31(35)34-20-9-4-10-21-37-28-13-5-6-14-29(28)38-30-25(23-34)12-11-17-32-30/h5-6,11-17,22H,2-4,7-10,18-21,23H2,1H3. The molecule has 38 heavy (non-hydrogen) atoms. The molecule has 0 N–H and O–H groups in total. The summed E-state index contributed by atoms with van der Waals surface area (Å²) in [5.74, 6) is 2.67. The van der Waals surface area contributed by atoms with Gasteiger partial charge in [-0.2, -0.15) is 0 Å². The van der Waals surface area contributed by atoms with Crippen molar-refractivity contribution in [3.05, 3.63) is 71.9 Å². The van der Waals surface area contributed by atoms with Crippen LogP contribution in [0.25, 0.3) is 0 Å². The molecule has 0 unspecified atom stereocenters. The molecule has 200 valence electrons. The summed E-state index contributed by atoms with van der Waals surface area (Å²) < 4.78 is 18.2. The van der Waals surface area contributed by atoms with Crippen molar-refractivity contribution in [2.24, 2.45) is 0 Å². The SMILES string of the molecule is CCOc1ccc(C(=O)N2CCCCCOc3ccccc3Oc3ncccc3C2)cc1N1CCCCC1. The molecule has 2 aliphatic heterocycles. The van der Waals surface area contributed by atoms with Crippen molar-refractivity contribution >= 4 is 11.6 Å².